The molecule has 4 rings (SSSR count). The fourth-order valence-electron chi connectivity index (χ4n) is 7.23. The summed E-state index contributed by atoms with van der Waals surface area (Å²) in [7, 11) is 0. The molecule has 4 aromatic rings. The van der Waals surface area contributed by atoms with Gasteiger partial charge in [-0.2, -0.15) is 20.3 Å². The molecule has 0 bridgehead atoms. The largest absolute Gasteiger partial charge is 0.368 e. The summed E-state index contributed by atoms with van der Waals surface area (Å²) in [6, 6.07) is 14.7. The van der Waals surface area contributed by atoms with E-state index in [1.54, 1.807) is 4.68 Å². The minimum absolute atomic E-state index is 0.310. The van der Waals surface area contributed by atoms with Gasteiger partial charge in [0, 0.05) is 25.0 Å². The maximum absolute atomic E-state index is 10.8. The Hall–Kier alpha value is -4.35. The normalized spacial score (nSPS) is 13.5. The molecule has 3 aromatic heterocycles. The molecule has 0 aliphatic rings. The van der Waals surface area contributed by atoms with Crippen LogP contribution in [-0.4, -0.2) is 39.4 Å². The van der Waals surface area contributed by atoms with E-state index in [9.17, 15) is 10.5 Å². The fourth-order valence-corrected chi connectivity index (χ4v) is 8.15. The van der Waals surface area contributed by atoms with Crippen molar-refractivity contribution in [2.45, 2.75) is 145 Å². The predicted octanol–water partition coefficient (Wildman–Crippen LogP) is 13.2. The van der Waals surface area contributed by atoms with Gasteiger partial charge in [0.2, 0.25) is 5.13 Å². The van der Waals surface area contributed by atoms with Crippen LogP contribution in [-0.2, 0) is 5.41 Å². The Morgan fingerprint density at radius 1 is 0.821 bits per heavy atom. The molecule has 0 saturated heterocycles. The quantitative estimate of drug-likeness (QED) is 0.0741. The van der Waals surface area contributed by atoms with Crippen LogP contribution in [0.5, 0.6) is 0 Å². The van der Waals surface area contributed by atoms with Gasteiger partial charge in [0.25, 0.3) is 0 Å². The Balaban J connectivity index is 1.90. The highest BCUT2D eigenvalue weighted by molar-refractivity contribution is 7.20. The molecule has 0 aliphatic carbocycles. The third kappa shape index (κ3) is 11.6. The molecule has 0 radical (unpaired) electrons. The number of anilines is 2. The Kier molecular flexibility index (Phi) is 17.3. The molecule has 0 spiro atoms. The van der Waals surface area contributed by atoms with Crippen molar-refractivity contribution in [2.75, 3.05) is 29.9 Å². The summed E-state index contributed by atoms with van der Waals surface area (Å²) < 4.78 is 2.66. The van der Waals surface area contributed by atoms with Crippen molar-refractivity contribution in [1.82, 2.24) is 19.7 Å². The van der Waals surface area contributed by atoms with E-state index in [0.29, 0.717) is 62.8 Å². The second kappa shape index (κ2) is 21.8. The van der Waals surface area contributed by atoms with E-state index in [1.807, 2.05) is 51.1 Å². The number of nitrogens with zero attached hydrogens (tertiary/aromatic N) is 9. The van der Waals surface area contributed by atoms with Gasteiger partial charge in [-0.3, -0.25) is 0 Å². The molecule has 0 aliphatic heterocycles. The van der Waals surface area contributed by atoms with Gasteiger partial charge in [0.15, 0.2) is 11.6 Å². The number of nitriles is 2. The van der Waals surface area contributed by atoms with Gasteiger partial charge in [-0.25, -0.2) is 9.97 Å². The van der Waals surface area contributed by atoms with Crippen LogP contribution in [0.15, 0.2) is 40.6 Å². The van der Waals surface area contributed by atoms with Gasteiger partial charge in [0.05, 0.1) is 21.5 Å². The van der Waals surface area contributed by atoms with Crippen molar-refractivity contribution in [3.63, 3.8) is 0 Å². The Morgan fingerprint density at radius 3 is 1.96 bits per heavy atom. The summed E-state index contributed by atoms with van der Waals surface area (Å²) >= 11 is 1.49. The molecule has 0 saturated carbocycles. The van der Waals surface area contributed by atoms with E-state index in [2.05, 4.69) is 63.9 Å². The van der Waals surface area contributed by atoms with Crippen molar-refractivity contribution >= 4 is 44.7 Å². The van der Waals surface area contributed by atoms with Crippen LogP contribution < -0.4 is 10.2 Å². The summed E-state index contributed by atoms with van der Waals surface area (Å²) in [5, 5.41) is 40.1. The molecule has 3 unspecified atom stereocenters. The molecule has 10 nitrogen and oxygen atoms in total. The molecule has 1 N–H and O–H groups in total. The molecule has 11 heteroatoms. The second-order valence-corrected chi connectivity index (χ2v) is 17.4. The summed E-state index contributed by atoms with van der Waals surface area (Å²) in [6.07, 6.45) is 13.7. The van der Waals surface area contributed by atoms with Crippen LogP contribution in [0.4, 0.5) is 23.1 Å². The molecule has 1 aromatic carbocycles. The second-order valence-electron chi connectivity index (χ2n) is 16.4. The standard InChI is InChI=1S/C45H66N10S/c1-10-16-21-32(13-4)29-48-41-38(26-35(27-46)42(50-41)54(30-33(14-5)22-17-11-2)31-34(15-6)23-18-12-3)51-52-43-36(28-47)40(45(7,8)9)53-55(43)44-49-37-24-19-20-25-39(37)56-44/h19-20,24-26,32-34H,10-18,21-23,29-31H2,1-9H3,(H,48,50). The fraction of sp³-hybridized carbons (Fsp3) is 0.622. The molecular formula is C45H66N10S. The Morgan fingerprint density at radius 2 is 1.43 bits per heavy atom. The number of hydrogen-bond donors (Lipinski definition) is 1. The highest BCUT2D eigenvalue weighted by Gasteiger charge is 2.29. The number of thiazole rings is 1. The molecule has 3 atom stereocenters. The Labute approximate surface area is 340 Å². The first-order valence-electron chi connectivity index (χ1n) is 21.3. The lowest BCUT2D eigenvalue weighted by Crippen LogP contribution is -2.35. The van der Waals surface area contributed by atoms with Crippen LogP contribution >= 0.6 is 11.3 Å². The first-order valence-corrected chi connectivity index (χ1v) is 22.1. The SMILES string of the molecule is CCCCC(CC)CNc1nc(N(CC(CC)CCCC)CC(CC)CCCC)c(C#N)cc1N=Nc1c(C#N)c(C(C)(C)C)nn1-c1nc2ccccc2s1. The molecule has 0 fully saturated rings. The number of nitrogens with one attached hydrogen (secondary N) is 1. The zero-order chi connectivity index (χ0) is 40.7. The minimum atomic E-state index is -0.431. The molecular weight excluding hydrogens is 713 g/mol. The van der Waals surface area contributed by atoms with Crippen molar-refractivity contribution in [1.29, 1.82) is 10.5 Å². The molecule has 56 heavy (non-hydrogen) atoms. The van der Waals surface area contributed by atoms with Gasteiger partial charge < -0.3 is 10.2 Å². The third-order valence-electron chi connectivity index (χ3n) is 10.9. The maximum atomic E-state index is 10.8. The number of azo groups is 1. The smallest absolute Gasteiger partial charge is 0.213 e. The lowest BCUT2D eigenvalue weighted by Gasteiger charge is -2.32. The highest BCUT2D eigenvalue weighted by atomic mass is 32.1. The zero-order valence-corrected chi connectivity index (χ0v) is 36.5. The monoisotopic (exact) mass is 779 g/mol. The summed E-state index contributed by atoms with van der Waals surface area (Å²) in [5.74, 6) is 3.10. The first-order chi connectivity index (χ1) is 27.0. The van der Waals surface area contributed by atoms with E-state index >= 15 is 0 Å². The number of para-hydroxylation sites is 1. The van der Waals surface area contributed by atoms with Gasteiger partial charge in [0.1, 0.15) is 29.2 Å². The lowest BCUT2D eigenvalue weighted by atomic mass is 9.90. The number of aromatic nitrogens is 4. The average molecular weight is 779 g/mol. The summed E-state index contributed by atoms with van der Waals surface area (Å²) in [5.41, 5.74) is 2.34. The highest BCUT2D eigenvalue weighted by Crippen LogP contribution is 2.38. The topological polar surface area (TPSA) is 131 Å². The summed E-state index contributed by atoms with van der Waals surface area (Å²) in [4.78, 5) is 12.6. The molecule has 302 valence electrons. The number of pyridine rings is 1. The van der Waals surface area contributed by atoms with Gasteiger partial charge in [-0.15, -0.1) is 10.2 Å². The number of hydrogen-bond acceptors (Lipinski definition) is 10. The van der Waals surface area contributed by atoms with Crippen molar-refractivity contribution in [3.8, 4) is 17.3 Å². The van der Waals surface area contributed by atoms with E-state index in [-0.39, 0.29) is 0 Å². The number of benzene rings is 1. The zero-order valence-electron chi connectivity index (χ0n) is 35.7. The van der Waals surface area contributed by atoms with E-state index in [4.69, 9.17) is 25.3 Å². The first kappa shape index (κ1) is 44.4. The predicted molar refractivity (Wildman–Crippen MR) is 234 cm³/mol. The summed E-state index contributed by atoms with van der Waals surface area (Å²) in [6.45, 7) is 22.1. The lowest BCUT2D eigenvalue weighted by molar-refractivity contribution is 0.402. The number of unbranched alkanes of at least 4 members (excludes halogenated alkanes) is 3. The molecule has 3 heterocycles. The van der Waals surface area contributed by atoms with Crippen LogP contribution in [0, 0.1) is 40.4 Å². The maximum Gasteiger partial charge on any atom is 0.213 e. The van der Waals surface area contributed by atoms with Crippen molar-refractivity contribution < 1.29 is 0 Å². The van der Waals surface area contributed by atoms with Crippen molar-refractivity contribution in [2.24, 2.45) is 28.0 Å². The number of fused-ring (bicyclic) bond motifs is 1. The van der Waals surface area contributed by atoms with Gasteiger partial charge >= 0.3 is 0 Å². The average Bonchev–Trinajstić information content (AvgIpc) is 3.81. The third-order valence-corrected chi connectivity index (χ3v) is 12.0. The van der Waals surface area contributed by atoms with Crippen molar-refractivity contribution in [3.05, 3.63) is 47.2 Å². The van der Waals surface area contributed by atoms with Crippen LogP contribution in [0.1, 0.15) is 156 Å². The van der Waals surface area contributed by atoms with Crippen LogP contribution in [0.3, 0.4) is 0 Å². The van der Waals surface area contributed by atoms with Crippen LogP contribution in [0.25, 0.3) is 15.3 Å². The Bertz CT molecular complexity index is 1890. The van der Waals surface area contributed by atoms with E-state index in [0.717, 1.165) is 74.8 Å². The van der Waals surface area contributed by atoms with E-state index < -0.39 is 5.41 Å². The van der Waals surface area contributed by atoms with Gasteiger partial charge in [-0.1, -0.05) is 144 Å². The van der Waals surface area contributed by atoms with Crippen LogP contribution in [0.2, 0.25) is 0 Å². The molecule has 0 amide bonds. The number of rotatable bonds is 23. The van der Waals surface area contributed by atoms with E-state index in [1.165, 1.54) is 43.4 Å². The minimum Gasteiger partial charge on any atom is -0.368 e. The van der Waals surface area contributed by atoms with Gasteiger partial charge in [-0.05, 0) is 55.2 Å².